The van der Waals surface area contributed by atoms with Gasteiger partial charge in [0.1, 0.15) is 5.75 Å². The average molecular weight is 311 g/mol. The number of hydrogen-bond donors (Lipinski definition) is 0. The van der Waals surface area contributed by atoms with Crippen LogP contribution in [0.1, 0.15) is 29.7 Å². The summed E-state index contributed by atoms with van der Waals surface area (Å²) in [6.07, 6.45) is 1.69. The molecule has 1 atom stereocenters. The van der Waals surface area contributed by atoms with Crippen LogP contribution in [0.25, 0.3) is 0 Å². The van der Waals surface area contributed by atoms with E-state index < -0.39 is 6.04 Å². The molecule has 0 amide bonds. The fourth-order valence-electron chi connectivity index (χ4n) is 2.23. The molecule has 23 heavy (non-hydrogen) atoms. The quantitative estimate of drug-likeness (QED) is 0.603. The van der Waals surface area contributed by atoms with Crippen molar-refractivity contribution in [3.8, 4) is 5.75 Å². The summed E-state index contributed by atoms with van der Waals surface area (Å²) in [5.41, 5.74) is 2.77. The molecule has 4 heteroatoms. The van der Waals surface area contributed by atoms with Gasteiger partial charge in [-0.1, -0.05) is 24.3 Å². The molecule has 1 unspecified atom stereocenters. The lowest BCUT2D eigenvalue weighted by atomic mass is 10.0. The summed E-state index contributed by atoms with van der Waals surface area (Å²) in [6.45, 7) is 4.09. The van der Waals surface area contributed by atoms with Crippen molar-refractivity contribution in [3.05, 3.63) is 65.2 Å². The van der Waals surface area contributed by atoms with Gasteiger partial charge in [0.25, 0.3) is 0 Å². The third kappa shape index (κ3) is 4.42. The summed E-state index contributed by atoms with van der Waals surface area (Å²) < 4.78 is 10.3. The molecule has 0 fully saturated rings. The summed E-state index contributed by atoms with van der Waals surface area (Å²) in [6, 6.07) is 14.5. The molecule has 0 aliphatic rings. The van der Waals surface area contributed by atoms with Crippen molar-refractivity contribution in [3.63, 3.8) is 0 Å². The van der Waals surface area contributed by atoms with Crippen LogP contribution < -0.4 is 4.74 Å². The molecule has 0 aliphatic heterocycles. The highest BCUT2D eigenvalue weighted by Gasteiger charge is 2.21. The van der Waals surface area contributed by atoms with Crippen molar-refractivity contribution in [2.75, 3.05) is 13.7 Å². The van der Waals surface area contributed by atoms with E-state index in [1.54, 1.807) is 20.2 Å². The van der Waals surface area contributed by atoms with Gasteiger partial charge >= 0.3 is 5.97 Å². The van der Waals surface area contributed by atoms with Gasteiger partial charge in [-0.15, -0.1) is 0 Å². The Labute approximate surface area is 136 Å². The van der Waals surface area contributed by atoms with E-state index >= 15 is 0 Å². The number of aryl methyl sites for hydroxylation is 1. The topological polar surface area (TPSA) is 47.9 Å². The molecular weight excluding hydrogens is 290 g/mol. The van der Waals surface area contributed by atoms with E-state index in [2.05, 4.69) is 4.99 Å². The minimum Gasteiger partial charge on any atom is -0.497 e. The number of carbonyl (C=O) groups excluding carboxylic acids is 1. The van der Waals surface area contributed by atoms with Crippen LogP contribution in [0.2, 0.25) is 0 Å². The first-order valence-electron chi connectivity index (χ1n) is 7.55. The second kappa shape index (κ2) is 8.13. The monoisotopic (exact) mass is 311 g/mol. The Bertz CT molecular complexity index is 677. The number of ether oxygens (including phenoxy) is 2. The maximum atomic E-state index is 12.3. The number of aliphatic imine (C=N–C) groups is 1. The van der Waals surface area contributed by atoms with Crippen LogP contribution >= 0.6 is 0 Å². The maximum Gasteiger partial charge on any atom is 0.335 e. The Hall–Kier alpha value is -2.62. The second-order valence-corrected chi connectivity index (χ2v) is 5.06. The molecule has 2 aromatic carbocycles. The molecule has 2 aromatic rings. The van der Waals surface area contributed by atoms with E-state index in [9.17, 15) is 4.79 Å². The van der Waals surface area contributed by atoms with Crippen LogP contribution in [0, 0.1) is 6.92 Å². The molecule has 0 N–H and O–H groups in total. The molecule has 0 aromatic heterocycles. The SMILES string of the molecule is CCOC(=O)C(N=Cc1ccc(OC)cc1)c1ccccc1C. The predicted molar refractivity (Wildman–Crippen MR) is 91.1 cm³/mol. The third-order valence-electron chi connectivity index (χ3n) is 3.48. The van der Waals surface area contributed by atoms with E-state index in [1.807, 2.05) is 55.5 Å². The molecular formula is C19H21NO3. The van der Waals surface area contributed by atoms with Crippen LogP contribution in [-0.4, -0.2) is 25.9 Å². The van der Waals surface area contributed by atoms with Gasteiger partial charge in [0, 0.05) is 6.21 Å². The van der Waals surface area contributed by atoms with E-state index in [0.717, 1.165) is 22.4 Å². The normalized spacial score (nSPS) is 12.1. The lowest BCUT2D eigenvalue weighted by Gasteiger charge is -2.14. The van der Waals surface area contributed by atoms with Gasteiger partial charge in [-0.25, -0.2) is 4.79 Å². The molecule has 0 aliphatic carbocycles. The number of rotatable bonds is 6. The smallest absolute Gasteiger partial charge is 0.335 e. The van der Waals surface area contributed by atoms with Gasteiger partial charge in [0.15, 0.2) is 6.04 Å². The standard InChI is InChI=1S/C19H21NO3/c1-4-23-19(21)18(17-8-6-5-7-14(17)2)20-13-15-9-11-16(22-3)12-10-15/h5-13,18H,4H2,1-3H3. The number of esters is 1. The van der Waals surface area contributed by atoms with Gasteiger partial charge in [0.2, 0.25) is 0 Å². The highest BCUT2D eigenvalue weighted by atomic mass is 16.5. The van der Waals surface area contributed by atoms with Crippen molar-refractivity contribution >= 4 is 12.2 Å². The van der Waals surface area contributed by atoms with Gasteiger partial charge in [-0.05, 0) is 54.8 Å². The van der Waals surface area contributed by atoms with Crippen LogP contribution in [-0.2, 0) is 9.53 Å². The van der Waals surface area contributed by atoms with Crippen LogP contribution in [0.3, 0.4) is 0 Å². The molecule has 0 radical (unpaired) electrons. The minimum absolute atomic E-state index is 0.333. The zero-order valence-electron chi connectivity index (χ0n) is 13.7. The number of methoxy groups -OCH3 is 1. The van der Waals surface area contributed by atoms with Gasteiger partial charge in [-0.3, -0.25) is 4.99 Å². The fraction of sp³-hybridized carbons (Fsp3) is 0.263. The lowest BCUT2D eigenvalue weighted by Crippen LogP contribution is -2.15. The molecule has 0 spiro atoms. The Morgan fingerprint density at radius 1 is 1.17 bits per heavy atom. The highest BCUT2D eigenvalue weighted by Crippen LogP contribution is 2.23. The first-order valence-corrected chi connectivity index (χ1v) is 7.55. The fourth-order valence-corrected chi connectivity index (χ4v) is 2.23. The first kappa shape index (κ1) is 16.7. The molecule has 4 nitrogen and oxygen atoms in total. The van der Waals surface area contributed by atoms with Crippen molar-refractivity contribution in [2.45, 2.75) is 19.9 Å². The molecule has 0 bridgehead atoms. The van der Waals surface area contributed by atoms with Crippen molar-refractivity contribution in [1.29, 1.82) is 0 Å². The van der Waals surface area contributed by atoms with E-state index in [1.165, 1.54) is 0 Å². The number of nitrogens with zero attached hydrogens (tertiary/aromatic N) is 1. The lowest BCUT2D eigenvalue weighted by molar-refractivity contribution is -0.144. The average Bonchev–Trinajstić information content (AvgIpc) is 2.57. The van der Waals surface area contributed by atoms with Crippen molar-refractivity contribution in [2.24, 2.45) is 4.99 Å². The van der Waals surface area contributed by atoms with Crippen molar-refractivity contribution in [1.82, 2.24) is 0 Å². The molecule has 0 saturated heterocycles. The molecule has 0 heterocycles. The third-order valence-corrected chi connectivity index (χ3v) is 3.48. The Morgan fingerprint density at radius 3 is 2.48 bits per heavy atom. The molecule has 0 saturated carbocycles. The van der Waals surface area contributed by atoms with E-state index in [0.29, 0.717) is 6.61 Å². The first-order chi connectivity index (χ1) is 11.2. The zero-order valence-corrected chi connectivity index (χ0v) is 13.7. The number of hydrogen-bond acceptors (Lipinski definition) is 4. The Morgan fingerprint density at radius 2 is 1.87 bits per heavy atom. The van der Waals surface area contributed by atoms with E-state index in [-0.39, 0.29) is 5.97 Å². The summed E-state index contributed by atoms with van der Waals surface area (Å²) in [5.74, 6) is 0.439. The maximum absolute atomic E-state index is 12.3. The summed E-state index contributed by atoms with van der Waals surface area (Å²) in [4.78, 5) is 16.7. The Kier molecular flexibility index (Phi) is 5.92. The molecule has 2 rings (SSSR count). The highest BCUT2D eigenvalue weighted by molar-refractivity contribution is 5.85. The van der Waals surface area contributed by atoms with Crippen LogP contribution in [0.15, 0.2) is 53.5 Å². The number of carbonyl (C=O) groups is 1. The summed E-state index contributed by atoms with van der Waals surface area (Å²) >= 11 is 0. The predicted octanol–water partition coefficient (Wildman–Crippen LogP) is 3.73. The van der Waals surface area contributed by atoms with E-state index in [4.69, 9.17) is 9.47 Å². The minimum atomic E-state index is -0.654. The molecule has 120 valence electrons. The second-order valence-electron chi connectivity index (χ2n) is 5.06. The van der Waals surface area contributed by atoms with Gasteiger partial charge in [-0.2, -0.15) is 0 Å². The summed E-state index contributed by atoms with van der Waals surface area (Å²) in [7, 11) is 1.62. The largest absolute Gasteiger partial charge is 0.497 e. The summed E-state index contributed by atoms with van der Waals surface area (Å²) in [5, 5.41) is 0. The van der Waals surface area contributed by atoms with Crippen molar-refractivity contribution < 1.29 is 14.3 Å². The number of benzene rings is 2. The van der Waals surface area contributed by atoms with Gasteiger partial charge < -0.3 is 9.47 Å². The van der Waals surface area contributed by atoms with Crippen LogP contribution in [0.4, 0.5) is 0 Å². The van der Waals surface area contributed by atoms with Crippen LogP contribution in [0.5, 0.6) is 5.75 Å². The zero-order chi connectivity index (χ0) is 16.7. The Balaban J connectivity index is 2.28. The van der Waals surface area contributed by atoms with Gasteiger partial charge in [0.05, 0.1) is 13.7 Å².